The number of carboxylic acids is 1. The third-order valence-electron chi connectivity index (χ3n) is 6.97. The molecule has 0 radical (unpaired) electrons. The first-order valence-corrected chi connectivity index (χ1v) is 12.5. The van der Waals surface area contributed by atoms with Gasteiger partial charge in [-0.25, -0.2) is 0 Å². The summed E-state index contributed by atoms with van der Waals surface area (Å²) in [6, 6.07) is 14.9. The molecule has 0 spiro atoms. The molecule has 2 aromatic rings. The number of halogens is 1. The minimum absolute atomic E-state index is 0.0639. The Morgan fingerprint density at radius 2 is 1.89 bits per heavy atom. The minimum atomic E-state index is -0.887. The number of aliphatic imine (C=N–C) groups is 1. The van der Waals surface area contributed by atoms with E-state index in [2.05, 4.69) is 17.1 Å². The van der Waals surface area contributed by atoms with Crippen LogP contribution in [-0.2, 0) is 9.59 Å². The number of anilines is 1. The summed E-state index contributed by atoms with van der Waals surface area (Å²) in [6.45, 7) is 11.6. The quantitative estimate of drug-likeness (QED) is 0.456. The van der Waals surface area contributed by atoms with Gasteiger partial charge >= 0.3 is 5.97 Å². The molecule has 0 unspecified atom stereocenters. The summed E-state index contributed by atoms with van der Waals surface area (Å²) in [6.07, 6.45) is 1.77. The number of aliphatic carboxylic acids is 1. The minimum Gasteiger partial charge on any atom is -0.481 e. The van der Waals surface area contributed by atoms with Crippen LogP contribution in [0, 0.1) is 11.3 Å². The Labute approximate surface area is 213 Å². The molecule has 0 aliphatic carbocycles. The fourth-order valence-electron chi connectivity index (χ4n) is 4.69. The van der Waals surface area contributed by atoms with E-state index >= 15 is 0 Å². The van der Waals surface area contributed by atoms with Crippen LogP contribution in [0.5, 0.6) is 0 Å². The van der Waals surface area contributed by atoms with E-state index in [0.717, 1.165) is 31.5 Å². The normalized spacial score (nSPS) is 20.0. The van der Waals surface area contributed by atoms with E-state index in [4.69, 9.17) is 16.6 Å². The zero-order valence-corrected chi connectivity index (χ0v) is 22.0. The van der Waals surface area contributed by atoms with E-state index in [1.807, 2.05) is 58.0 Å². The number of nitrogens with zero attached hydrogens (tertiary/aromatic N) is 2. The first-order valence-electron chi connectivity index (χ1n) is 12.2. The number of carbonyl (C=O) groups is 2. The second-order valence-corrected chi connectivity index (χ2v) is 10.8. The Hall–Kier alpha value is -2.70. The van der Waals surface area contributed by atoms with E-state index in [1.54, 1.807) is 18.2 Å². The number of carboxylic acid groups (broad SMARTS) is 1. The molecule has 188 valence electrons. The molecule has 1 fully saturated rings. The molecule has 1 aliphatic rings. The summed E-state index contributed by atoms with van der Waals surface area (Å²) in [5.74, 6) is -1.62. The van der Waals surface area contributed by atoms with Gasteiger partial charge in [-0.15, -0.1) is 0 Å². The van der Waals surface area contributed by atoms with Gasteiger partial charge in [-0.1, -0.05) is 69.6 Å². The van der Waals surface area contributed by atoms with Crippen molar-refractivity contribution < 1.29 is 14.7 Å². The van der Waals surface area contributed by atoms with Crippen LogP contribution >= 0.6 is 11.6 Å². The van der Waals surface area contributed by atoms with Gasteiger partial charge in [0.25, 0.3) is 0 Å². The SMILES string of the molecule is CCN1CCC[C@]1(C)C(=O)Nc1ccc(Cl)cc1C(=NC[C@@H](C(=O)O)C(C)(C)C)c1ccccc1. The van der Waals surface area contributed by atoms with Gasteiger partial charge in [-0.05, 0) is 56.5 Å². The van der Waals surface area contributed by atoms with Gasteiger partial charge in [-0.2, -0.15) is 0 Å². The number of likely N-dealkylation sites (tertiary alicyclic amines) is 1. The highest BCUT2D eigenvalue weighted by molar-refractivity contribution is 6.31. The molecule has 2 atom stereocenters. The van der Waals surface area contributed by atoms with Crippen molar-refractivity contribution in [3.05, 3.63) is 64.7 Å². The molecule has 35 heavy (non-hydrogen) atoms. The maximum atomic E-state index is 13.5. The van der Waals surface area contributed by atoms with Crippen molar-refractivity contribution in [2.75, 3.05) is 25.0 Å². The summed E-state index contributed by atoms with van der Waals surface area (Å²) in [4.78, 5) is 32.5. The molecule has 1 amide bonds. The van der Waals surface area contributed by atoms with Gasteiger partial charge in [0.2, 0.25) is 5.91 Å². The van der Waals surface area contributed by atoms with Crippen molar-refractivity contribution in [3.8, 4) is 0 Å². The van der Waals surface area contributed by atoms with E-state index in [9.17, 15) is 14.7 Å². The number of nitrogens with one attached hydrogen (secondary N) is 1. The van der Waals surface area contributed by atoms with Crippen LogP contribution < -0.4 is 5.32 Å². The molecular formula is C28H36ClN3O3. The Bertz CT molecular complexity index is 1090. The van der Waals surface area contributed by atoms with Crippen LogP contribution in [0.3, 0.4) is 0 Å². The maximum Gasteiger partial charge on any atom is 0.308 e. The lowest BCUT2D eigenvalue weighted by Crippen LogP contribution is -2.50. The number of rotatable bonds is 8. The highest BCUT2D eigenvalue weighted by Crippen LogP contribution is 2.32. The first-order chi connectivity index (χ1) is 16.5. The van der Waals surface area contributed by atoms with E-state index < -0.39 is 22.8 Å². The third-order valence-corrected chi connectivity index (χ3v) is 7.20. The topological polar surface area (TPSA) is 82.0 Å². The predicted molar refractivity (Wildman–Crippen MR) is 142 cm³/mol. The second-order valence-electron chi connectivity index (χ2n) is 10.4. The standard InChI is InChI=1S/C28H36ClN3O3/c1-6-32-16-10-15-28(32,5)26(35)31-23-14-13-20(29)17-21(23)24(19-11-8-7-9-12-19)30-18-22(25(33)34)27(2,3)4/h7-9,11-14,17,22H,6,10,15-16,18H2,1-5H3,(H,31,35)(H,33,34)/t22-,28+/m0/s1. The molecule has 7 heteroatoms. The molecule has 1 aliphatic heterocycles. The van der Waals surface area contributed by atoms with Crippen LogP contribution in [0.2, 0.25) is 5.02 Å². The van der Waals surface area contributed by atoms with Crippen molar-refractivity contribution in [1.82, 2.24) is 4.90 Å². The zero-order valence-electron chi connectivity index (χ0n) is 21.3. The predicted octanol–water partition coefficient (Wildman–Crippen LogP) is 5.74. The molecule has 3 rings (SSSR count). The van der Waals surface area contributed by atoms with Gasteiger partial charge in [0.1, 0.15) is 0 Å². The molecule has 0 bridgehead atoms. The van der Waals surface area contributed by atoms with Gasteiger partial charge < -0.3 is 10.4 Å². The lowest BCUT2D eigenvalue weighted by atomic mass is 9.81. The van der Waals surface area contributed by atoms with Crippen molar-refractivity contribution in [1.29, 1.82) is 0 Å². The summed E-state index contributed by atoms with van der Waals surface area (Å²) in [7, 11) is 0. The summed E-state index contributed by atoms with van der Waals surface area (Å²) < 4.78 is 0. The molecule has 2 aromatic carbocycles. The smallest absolute Gasteiger partial charge is 0.308 e. The van der Waals surface area contributed by atoms with E-state index in [1.165, 1.54) is 0 Å². The van der Waals surface area contributed by atoms with E-state index in [-0.39, 0.29) is 12.5 Å². The zero-order chi connectivity index (χ0) is 25.8. The fraction of sp³-hybridized carbons (Fsp3) is 0.464. The van der Waals surface area contributed by atoms with Gasteiger partial charge in [0.15, 0.2) is 0 Å². The van der Waals surface area contributed by atoms with Gasteiger partial charge in [0.05, 0.1) is 29.4 Å². The average molecular weight is 498 g/mol. The summed E-state index contributed by atoms with van der Waals surface area (Å²) in [5, 5.41) is 13.5. The number of amides is 1. The monoisotopic (exact) mass is 497 g/mol. The number of hydrogen-bond acceptors (Lipinski definition) is 4. The molecule has 1 saturated heterocycles. The number of benzene rings is 2. The van der Waals surface area contributed by atoms with Crippen molar-refractivity contribution in [3.63, 3.8) is 0 Å². The maximum absolute atomic E-state index is 13.5. The molecule has 1 heterocycles. The van der Waals surface area contributed by atoms with Crippen LogP contribution in [0.4, 0.5) is 5.69 Å². The average Bonchev–Trinajstić information content (AvgIpc) is 3.19. The lowest BCUT2D eigenvalue weighted by molar-refractivity contribution is -0.144. The Kier molecular flexibility index (Phi) is 8.39. The second kappa shape index (κ2) is 10.9. The van der Waals surface area contributed by atoms with Crippen LogP contribution in [0.15, 0.2) is 53.5 Å². The molecule has 0 saturated carbocycles. The van der Waals surface area contributed by atoms with Crippen LogP contribution in [0.25, 0.3) is 0 Å². The Morgan fingerprint density at radius 1 is 1.20 bits per heavy atom. The van der Waals surface area contributed by atoms with Gasteiger partial charge in [-0.3, -0.25) is 19.5 Å². The summed E-state index contributed by atoms with van der Waals surface area (Å²) in [5.41, 5.74) is 1.64. The number of hydrogen-bond donors (Lipinski definition) is 2. The fourth-order valence-corrected chi connectivity index (χ4v) is 4.87. The number of carbonyl (C=O) groups excluding carboxylic acids is 1. The van der Waals surface area contributed by atoms with Crippen LogP contribution in [-0.4, -0.2) is 52.8 Å². The first kappa shape index (κ1) is 26.9. The largest absolute Gasteiger partial charge is 0.481 e. The van der Waals surface area contributed by atoms with Crippen LogP contribution in [0.1, 0.15) is 58.6 Å². The lowest BCUT2D eigenvalue weighted by Gasteiger charge is -2.33. The third kappa shape index (κ3) is 6.11. The number of likely N-dealkylation sites (N-methyl/N-ethyl adjacent to an activating group) is 1. The van der Waals surface area contributed by atoms with Gasteiger partial charge in [0, 0.05) is 16.1 Å². The van der Waals surface area contributed by atoms with Crippen molar-refractivity contribution in [2.45, 2.75) is 53.0 Å². The highest BCUT2D eigenvalue weighted by Gasteiger charge is 2.42. The molecule has 2 N–H and O–H groups in total. The Balaban J connectivity index is 2.06. The molecule has 6 nitrogen and oxygen atoms in total. The Morgan fingerprint density at radius 3 is 2.49 bits per heavy atom. The van der Waals surface area contributed by atoms with Crippen molar-refractivity contribution in [2.24, 2.45) is 16.3 Å². The molecule has 0 aromatic heterocycles. The van der Waals surface area contributed by atoms with E-state index in [0.29, 0.717) is 22.0 Å². The highest BCUT2D eigenvalue weighted by atomic mass is 35.5. The summed E-state index contributed by atoms with van der Waals surface area (Å²) >= 11 is 6.40. The van der Waals surface area contributed by atoms with Crippen molar-refractivity contribution >= 4 is 34.9 Å². The molecular weight excluding hydrogens is 462 g/mol.